The number of ketones is 1. The first kappa shape index (κ1) is 20.5. The third-order valence-electron chi connectivity index (χ3n) is 5.16. The van der Waals surface area contributed by atoms with E-state index in [1.807, 2.05) is 0 Å². The molecule has 6 nitrogen and oxygen atoms in total. The van der Waals surface area contributed by atoms with Crippen LogP contribution in [0.25, 0.3) is 0 Å². The number of carbonyl (C=O) groups excluding carboxylic acids is 2. The molecule has 2 aromatic rings. The van der Waals surface area contributed by atoms with Crippen LogP contribution in [0.15, 0.2) is 52.3 Å². The molecule has 2 unspecified atom stereocenters. The summed E-state index contributed by atoms with van der Waals surface area (Å²) in [5, 5.41) is 6.29. The number of benzene rings is 2. The third-order valence-corrected chi connectivity index (χ3v) is 7.01. The number of sulfone groups is 1. The fourth-order valence-electron chi connectivity index (χ4n) is 3.76. The van der Waals surface area contributed by atoms with Crippen LogP contribution in [0, 0.1) is 0 Å². The summed E-state index contributed by atoms with van der Waals surface area (Å²) in [6.45, 7) is 2.89. The molecule has 0 saturated carbocycles. The largest absolute Gasteiger partial charge is 0.349 e. The number of piperidine rings is 1. The molecule has 0 bridgehead atoms. The summed E-state index contributed by atoms with van der Waals surface area (Å²) in [5.74, 6) is -0.659. The number of carbonyl (C=O) groups is 2. The molecule has 1 saturated heterocycles. The Hall–Kier alpha value is -2.22. The molecule has 0 aromatic heterocycles. The van der Waals surface area contributed by atoms with Crippen molar-refractivity contribution in [2.24, 2.45) is 0 Å². The number of fused-ring (bicyclic) bond motifs is 2. The summed E-state index contributed by atoms with van der Waals surface area (Å²) in [6.07, 6.45) is 1.64. The summed E-state index contributed by atoms with van der Waals surface area (Å²) < 4.78 is 25.9. The summed E-state index contributed by atoms with van der Waals surface area (Å²) in [4.78, 5) is 25.2. The van der Waals surface area contributed by atoms with Crippen molar-refractivity contribution in [3.05, 3.63) is 59.2 Å². The van der Waals surface area contributed by atoms with Crippen molar-refractivity contribution in [2.75, 3.05) is 6.54 Å². The van der Waals surface area contributed by atoms with Crippen molar-refractivity contribution >= 4 is 33.9 Å². The van der Waals surface area contributed by atoms with Gasteiger partial charge in [-0.05, 0) is 56.6 Å². The molecule has 2 aromatic carbocycles. The molecular formula is C20H21ClN2O4S. The Morgan fingerprint density at radius 3 is 2.57 bits per heavy atom. The van der Waals surface area contributed by atoms with E-state index in [1.165, 1.54) is 30.3 Å². The van der Waals surface area contributed by atoms with Gasteiger partial charge in [-0.25, -0.2) is 8.42 Å². The maximum absolute atomic E-state index is 13.0. The maximum atomic E-state index is 13.0. The Bertz CT molecular complexity index is 1050. The lowest BCUT2D eigenvalue weighted by molar-refractivity contribution is 0.0924. The van der Waals surface area contributed by atoms with Crippen molar-refractivity contribution < 1.29 is 18.0 Å². The summed E-state index contributed by atoms with van der Waals surface area (Å²) in [6, 6.07) is 10.8. The van der Waals surface area contributed by atoms with Crippen molar-refractivity contribution in [3.8, 4) is 0 Å². The molecule has 8 heteroatoms. The van der Waals surface area contributed by atoms with E-state index < -0.39 is 9.84 Å². The molecule has 2 atom stereocenters. The average molecular weight is 421 g/mol. The molecule has 0 spiro atoms. The second-order valence-corrected chi connectivity index (χ2v) is 8.98. The summed E-state index contributed by atoms with van der Waals surface area (Å²) in [5.41, 5.74) is 0.530. The average Bonchev–Trinajstić information content (AvgIpc) is 2.66. The van der Waals surface area contributed by atoms with Gasteiger partial charge >= 0.3 is 0 Å². The van der Waals surface area contributed by atoms with Gasteiger partial charge in [0.05, 0.1) is 9.79 Å². The van der Waals surface area contributed by atoms with Gasteiger partial charge in [-0.3, -0.25) is 9.59 Å². The lowest BCUT2D eigenvalue weighted by atomic mass is 9.99. The van der Waals surface area contributed by atoms with E-state index in [0.29, 0.717) is 6.04 Å². The third kappa shape index (κ3) is 3.45. The van der Waals surface area contributed by atoms with Crippen LogP contribution in [0.1, 0.15) is 46.0 Å². The first-order chi connectivity index (χ1) is 12.9. The topological polar surface area (TPSA) is 92.3 Å². The Morgan fingerprint density at radius 2 is 1.82 bits per heavy atom. The quantitative estimate of drug-likeness (QED) is 0.664. The van der Waals surface area contributed by atoms with Crippen molar-refractivity contribution in [1.82, 2.24) is 10.6 Å². The number of hydrogen-bond acceptors (Lipinski definition) is 5. The standard InChI is InChI=1S/C20H20N2O4S.ClH/c1-12-10-14(8-9-21-12)22-20(24)13-6-7-16-18(11-13)27(25,26)17-5-3-2-4-15(17)19(16)23;/h2-7,11-12,14,21H,8-10H2,1H3,(H,22,24);1H. The van der Waals surface area contributed by atoms with Crippen molar-refractivity contribution in [3.63, 3.8) is 0 Å². The highest BCUT2D eigenvalue weighted by molar-refractivity contribution is 7.91. The maximum Gasteiger partial charge on any atom is 0.251 e. The molecule has 4 rings (SSSR count). The molecule has 1 fully saturated rings. The first-order valence-corrected chi connectivity index (χ1v) is 10.4. The minimum absolute atomic E-state index is 0. The number of halogens is 1. The van der Waals surface area contributed by atoms with Gasteiger partial charge in [-0.1, -0.05) is 12.1 Å². The van der Waals surface area contributed by atoms with Gasteiger partial charge in [0.2, 0.25) is 9.84 Å². The lowest BCUT2D eigenvalue weighted by Gasteiger charge is -2.28. The minimum Gasteiger partial charge on any atom is -0.349 e. The van der Waals surface area contributed by atoms with E-state index in [0.717, 1.165) is 19.4 Å². The number of rotatable bonds is 2. The molecule has 2 aliphatic rings. The molecule has 1 amide bonds. The second-order valence-electron chi connectivity index (χ2n) is 7.09. The van der Waals surface area contributed by atoms with E-state index in [2.05, 4.69) is 17.6 Å². The van der Waals surface area contributed by atoms with Gasteiger partial charge in [0.25, 0.3) is 5.91 Å². The molecule has 28 heavy (non-hydrogen) atoms. The summed E-state index contributed by atoms with van der Waals surface area (Å²) >= 11 is 0. The highest BCUT2D eigenvalue weighted by atomic mass is 35.5. The van der Waals surface area contributed by atoms with Crippen LogP contribution in [-0.2, 0) is 9.84 Å². The number of nitrogens with one attached hydrogen (secondary N) is 2. The van der Waals surface area contributed by atoms with Gasteiger partial charge in [0, 0.05) is 28.8 Å². The van der Waals surface area contributed by atoms with Gasteiger partial charge < -0.3 is 10.6 Å². The zero-order chi connectivity index (χ0) is 19.2. The van der Waals surface area contributed by atoms with Gasteiger partial charge in [0.15, 0.2) is 5.78 Å². The monoisotopic (exact) mass is 420 g/mol. The Morgan fingerprint density at radius 1 is 1.11 bits per heavy atom. The van der Waals surface area contributed by atoms with Crippen molar-refractivity contribution in [2.45, 2.75) is 41.6 Å². The van der Waals surface area contributed by atoms with E-state index in [4.69, 9.17) is 0 Å². The highest BCUT2D eigenvalue weighted by Gasteiger charge is 2.35. The van der Waals surface area contributed by atoms with Crippen LogP contribution < -0.4 is 10.6 Å². The Balaban J connectivity index is 0.00000225. The highest BCUT2D eigenvalue weighted by Crippen LogP contribution is 2.34. The minimum atomic E-state index is -3.84. The van der Waals surface area contributed by atoms with Gasteiger partial charge in [-0.2, -0.15) is 0 Å². The number of hydrogen-bond donors (Lipinski definition) is 2. The molecule has 0 radical (unpaired) electrons. The van der Waals surface area contributed by atoms with Crippen LogP contribution in [0.2, 0.25) is 0 Å². The normalized spacial score (nSPS) is 22.4. The van der Waals surface area contributed by atoms with Crippen LogP contribution in [0.4, 0.5) is 0 Å². The van der Waals surface area contributed by atoms with E-state index in [9.17, 15) is 18.0 Å². The van der Waals surface area contributed by atoms with Gasteiger partial charge in [0.1, 0.15) is 0 Å². The van der Waals surface area contributed by atoms with E-state index >= 15 is 0 Å². The van der Waals surface area contributed by atoms with Crippen LogP contribution in [0.3, 0.4) is 0 Å². The predicted molar refractivity (Wildman–Crippen MR) is 107 cm³/mol. The van der Waals surface area contributed by atoms with Crippen LogP contribution in [-0.4, -0.2) is 38.7 Å². The smallest absolute Gasteiger partial charge is 0.251 e. The van der Waals surface area contributed by atoms with Crippen LogP contribution >= 0.6 is 12.4 Å². The van der Waals surface area contributed by atoms with E-state index in [1.54, 1.807) is 12.1 Å². The first-order valence-electron chi connectivity index (χ1n) is 8.95. The molecular weight excluding hydrogens is 400 g/mol. The van der Waals surface area contributed by atoms with Gasteiger partial charge in [-0.15, -0.1) is 12.4 Å². The zero-order valence-corrected chi connectivity index (χ0v) is 16.9. The SMILES string of the molecule is CC1CC(NC(=O)c2ccc3c(c2)S(=O)(=O)c2ccccc2C3=O)CCN1.Cl. The van der Waals surface area contributed by atoms with Crippen LogP contribution in [0.5, 0.6) is 0 Å². The predicted octanol–water partition coefficient (Wildman–Crippen LogP) is 2.36. The molecule has 0 aliphatic carbocycles. The van der Waals surface area contributed by atoms with E-state index in [-0.39, 0.29) is 56.6 Å². The molecule has 2 heterocycles. The lowest BCUT2D eigenvalue weighted by Crippen LogP contribution is -2.46. The summed E-state index contributed by atoms with van der Waals surface area (Å²) in [7, 11) is -3.84. The molecule has 2 N–H and O–H groups in total. The molecule has 2 aliphatic heterocycles. The number of amides is 1. The second kappa shape index (κ2) is 7.66. The molecule has 148 valence electrons. The fourth-order valence-corrected chi connectivity index (χ4v) is 5.43. The Labute approximate surface area is 170 Å². The zero-order valence-electron chi connectivity index (χ0n) is 15.3. The Kier molecular flexibility index (Phi) is 5.61. The fraction of sp³-hybridized carbons (Fsp3) is 0.300. The van der Waals surface area contributed by atoms with Crippen molar-refractivity contribution in [1.29, 1.82) is 0 Å².